The van der Waals surface area contributed by atoms with E-state index >= 15 is 0 Å². The zero-order chi connectivity index (χ0) is 16.8. The molecule has 3 heterocycles. The lowest BCUT2D eigenvalue weighted by Gasteiger charge is -2.08. The van der Waals surface area contributed by atoms with Gasteiger partial charge in [0.1, 0.15) is 10.7 Å². The van der Waals surface area contributed by atoms with Crippen LogP contribution >= 0.6 is 34.6 Å². The smallest absolute Gasteiger partial charge is 0.263 e. The molecule has 0 N–H and O–H groups in total. The third-order valence-electron chi connectivity index (χ3n) is 4.11. The standard InChI is InChI=1S/C16H16N4OS3/c1-4-7-20-14(21)11-8(2)9(3)22-13(11)18-15(20)23-16-17-12(19-24-16)10-5-6-10/h4,10H,1,5-7H2,2-3H3. The molecule has 1 aliphatic carbocycles. The number of aromatic nitrogens is 4. The van der Waals surface area contributed by atoms with Crippen LogP contribution in [-0.4, -0.2) is 18.9 Å². The predicted octanol–water partition coefficient (Wildman–Crippen LogP) is 4.14. The van der Waals surface area contributed by atoms with Crippen LogP contribution < -0.4 is 5.56 Å². The number of hydrogen-bond donors (Lipinski definition) is 0. The molecule has 0 aromatic carbocycles. The molecule has 0 bridgehead atoms. The van der Waals surface area contributed by atoms with Crippen molar-refractivity contribution in [2.75, 3.05) is 0 Å². The molecule has 0 amide bonds. The minimum atomic E-state index is -0.00354. The van der Waals surface area contributed by atoms with Crippen molar-refractivity contribution >= 4 is 44.8 Å². The average molecular weight is 377 g/mol. The molecule has 5 nitrogen and oxygen atoms in total. The first-order chi connectivity index (χ1) is 11.6. The van der Waals surface area contributed by atoms with Gasteiger partial charge in [-0.3, -0.25) is 9.36 Å². The third kappa shape index (κ3) is 2.72. The summed E-state index contributed by atoms with van der Waals surface area (Å²) >= 11 is 4.37. The van der Waals surface area contributed by atoms with Gasteiger partial charge in [0, 0.05) is 17.3 Å². The molecule has 0 spiro atoms. The summed E-state index contributed by atoms with van der Waals surface area (Å²) in [4.78, 5) is 24.2. The number of aryl methyl sites for hydroxylation is 2. The van der Waals surface area contributed by atoms with E-state index in [0.717, 1.165) is 30.8 Å². The van der Waals surface area contributed by atoms with Crippen molar-refractivity contribution in [3.05, 3.63) is 39.3 Å². The Hall–Kier alpha value is -1.51. The van der Waals surface area contributed by atoms with E-state index in [1.54, 1.807) is 22.0 Å². The fourth-order valence-electron chi connectivity index (χ4n) is 2.52. The van der Waals surface area contributed by atoms with Crippen LogP contribution in [0.25, 0.3) is 10.2 Å². The predicted molar refractivity (Wildman–Crippen MR) is 99.6 cm³/mol. The van der Waals surface area contributed by atoms with Gasteiger partial charge < -0.3 is 0 Å². The lowest BCUT2D eigenvalue weighted by Crippen LogP contribution is -2.22. The van der Waals surface area contributed by atoms with Crippen molar-refractivity contribution in [1.29, 1.82) is 0 Å². The Bertz CT molecular complexity index is 997. The Labute approximate surface area is 151 Å². The molecule has 3 aromatic heterocycles. The largest absolute Gasteiger partial charge is 0.283 e. The van der Waals surface area contributed by atoms with E-state index < -0.39 is 0 Å². The van der Waals surface area contributed by atoms with Gasteiger partial charge in [-0.15, -0.1) is 17.9 Å². The number of allylic oxidation sites excluding steroid dienone is 1. The maximum Gasteiger partial charge on any atom is 0.263 e. The van der Waals surface area contributed by atoms with Crippen LogP contribution in [-0.2, 0) is 6.54 Å². The second kappa shape index (κ2) is 6.09. The van der Waals surface area contributed by atoms with E-state index in [0.29, 0.717) is 17.6 Å². The van der Waals surface area contributed by atoms with Gasteiger partial charge in [0.25, 0.3) is 5.56 Å². The molecule has 124 valence electrons. The second-order valence-corrected chi connectivity index (χ2v) is 9.03. The van der Waals surface area contributed by atoms with Gasteiger partial charge in [0.2, 0.25) is 0 Å². The van der Waals surface area contributed by atoms with Crippen molar-refractivity contribution in [3.63, 3.8) is 0 Å². The Morgan fingerprint density at radius 3 is 2.88 bits per heavy atom. The quantitative estimate of drug-likeness (QED) is 0.495. The van der Waals surface area contributed by atoms with E-state index in [2.05, 4.69) is 15.9 Å². The first kappa shape index (κ1) is 16.0. The van der Waals surface area contributed by atoms with Crippen LogP contribution in [0, 0.1) is 13.8 Å². The number of thiophene rings is 1. The molecule has 4 rings (SSSR count). The van der Waals surface area contributed by atoms with E-state index in [1.807, 2.05) is 13.8 Å². The Balaban J connectivity index is 1.81. The maximum atomic E-state index is 12.9. The van der Waals surface area contributed by atoms with Crippen LogP contribution in [0.2, 0.25) is 0 Å². The summed E-state index contributed by atoms with van der Waals surface area (Å²) in [5.74, 6) is 1.47. The number of fused-ring (bicyclic) bond motifs is 1. The summed E-state index contributed by atoms with van der Waals surface area (Å²) in [6.45, 7) is 8.21. The second-order valence-electron chi connectivity index (χ2n) is 5.86. The molecule has 8 heteroatoms. The summed E-state index contributed by atoms with van der Waals surface area (Å²) in [6, 6.07) is 0. The normalized spacial score (nSPS) is 14.4. The van der Waals surface area contributed by atoms with Crippen LogP contribution in [0.5, 0.6) is 0 Å². The van der Waals surface area contributed by atoms with E-state index in [-0.39, 0.29) is 5.56 Å². The minimum absolute atomic E-state index is 0.00354. The Morgan fingerprint density at radius 2 is 2.17 bits per heavy atom. The molecule has 1 fully saturated rings. The van der Waals surface area contributed by atoms with E-state index in [4.69, 9.17) is 4.98 Å². The molecule has 0 saturated heterocycles. The lowest BCUT2D eigenvalue weighted by atomic mass is 10.2. The maximum absolute atomic E-state index is 12.9. The summed E-state index contributed by atoms with van der Waals surface area (Å²) in [7, 11) is 0. The van der Waals surface area contributed by atoms with Gasteiger partial charge >= 0.3 is 0 Å². The Morgan fingerprint density at radius 1 is 1.38 bits per heavy atom. The summed E-state index contributed by atoms with van der Waals surface area (Å²) in [5, 5.41) is 1.38. The first-order valence-corrected chi connectivity index (χ1v) is 10.1. The van der Waals surface area contributed by atoms with E-state index in [9.17, 15) is 4.79 Å². The highest BCUT2D eigenvalue weighted by Crippen LogP contribution is 2.40. The highest BCUT2D eigenvalue weighted by Gasteiger charge is 2.28. The van der Waals surface area contributed by atoms with Gasteiger partial charge in [-0.2, -0.15) is 4.37 Å². The summed E-state index contributed by atoms with van der Waals surface area (Å²) in [6.07, 6.45) is 4.09. The van der Waals surface area contributed by atoms with Crippen molar-refractivity contribution in [2.24, 2.45) is 0 Å². The van der Waals surface area contributed by atoms with Crippen LogP contribution in [0.1, 0.15) is 35.0 Å². The minimum Gasteiger partial charge on any atom is -0.283 e. The van der Waals surface area contributed by atoms with Crippen molar-refractivity contribution in [1.82, 2.24) is 18.9 Å². The topological polar surface area (TPSA) is 60.7 Å². The van der Waals surface area contributed by atoms with Crippen molar-refractivity contribution in [3.8, 4) is 0 Å². The van der Waals surface area contributed by atoms with Gasteiger partial charge in [-0.25, -0.2) is 9.97 Å². The van der Waals surface area contributed by atoms with E-state index in [1.165, 1.54) is 36.1 Å². The highest BCUT2D eigenvalue weighted by molar-refractivity contribution is 8.00. The lowest BCUT2D eigenvalue weighted by molar-refractivity contribution is 0.672. The average Bonchev–Trinajstić information content (AvgIpc) is 3.23. The van der Waals surface area contributed by atoms with Crippen molar-refractivity contribution < 1.29 is 0 Å². The molecular formula is C16H16N4OS3. The Kier molecular flexibility index (Phi) is 4.06. The molecule has 24 heavy (non-hydrogen) atoms. The van der Waals surface area contributed by atoms with Gasteiger partial charge in [0.05, 0.1) is 5.39 Å². The zero-order valence-corrected chi connectivity index (χ0v) is 15.9. The molecule has 0 unspecified atom stereocenters. The van der Waals surface area contributed by atoms with Crippen molar-refractivity contribution in [2.45, 2.75) is 48.6 Å². The molecule has 3 aromatic rings. The molecule has 1 saturated carbocycles. The number of hydrogen-bond acceptors (Lipinski definition) is 7. The SMILES string of the molecule is C=CCn1c(Sc2nc(C3CC3)ns2)nc2sc(C)c(C)c2c1=O. The number of rotatable bonds is 5. The van der Waals surface area contributed by atoms with Crippen LogP contribution in [0.4, 0.5) is 0 Å². The first-order valence-electron chi connectivity index (χ1n) is 7.71. The zero-order valence-electron chi connectivity index (χ0n) is 13.4. The van der Waals surface area contributed by atoms with Gasteiger partial charge in [0.15, 0.2) is 9.50 Å². The fraction of sp³-hybridized carbons (Fsp3) is 0.375. The van der Waals surface area contributed by atoms with Crippen LogP contribution in [0.15, 0.2) is 26.9 Å². The molecule has 0 aliphatic heterocycles. The monoisotopic (exact) mass is 376 g/mol. The van der Waals surface area contributed by atoms with Gasteiger partial charge in [-0.05, 0) is 55.5 Å². The molecule has 0 radical (unpaired) electrons. The highest BCUT2D eigenvalue weighted by atomic mass is 32.2. The summed E-state index contributed by atoms with van der Waals surface area (Å²) in [5.41, 5.74) is 1.02. The summed E-state index contributed by atoms with van der Waals surface area (Å²) < 4.78 is 6.95. The fourth-order valence-corrected chi connectivity index (χ4v) is 5.28. The molecular weight excluding hydrogens is 360 g/mol. The van der Waals surface area contributed by atoms with Crippen LogP contribution in [0.3, 0.4) is 0 Å². The van der Waals surface area contributed by atoms with Gasteiger partial charge in [-0.1, -0.05) is 6.08 Å². The third-order valence-corrected chi connectivity index (χ3v) is 6.97. The molecule has 0 atom stereocenters. The number of nitrogens with zero attached hydrogens (tertiary/aromatic N) is 4. The molecule has 1 aliphatic rings.